The Morgan fingerprint density at radius 1 is 1.16 bits per heavy atom. The Morgan fingerprint density at radius 3 is 2.62 bits per heavy atom. The van der Waals surface area contributed by atoms with E-state index >= 15 is 0 Å². The Hall–Kier alpha value is -2.55. The standard InChI is InChI=1S/C22H23Cl2N5O2S/c1-4-29-20(14(3)25-21(31)16-8-6-5-7-13(16)2)27-28-22(29)32-12-19(30)26-18-11-15(23)9-10-17(18)24/h5-11,14H,4,12H2,1-3H3,(H,25,31)(H,26,30)/t14-/m0/s1. The minimum Gasteiger partial charge on any atom is -0.342 e. The van der Waals surface area contributed by atoms with Gasteiger partial charge in [-0.3, -0.25) is 9.59 Å². The third-order valence-electron chi connectivity index (χ3n) is 4.72. The minimum absolute atomic E-state index is 0.116. The highest BCUT2D eigenvalue weighted by molar-refractivity contribution is 7.99. The molecule has 7 nitrogen and oxygen atoms in total. The lowest BCUT2D eigenvalue weighted by Crippen LogP contribution is -2.29. The topological polar surface area (TPSA) is 88.9 Å². The number of hydrogen-bond donors (Lipinski definition) is 2. The summed E-state index contributed by atoms with van der Waals surface area (Å²) in [5, 5.41) is 15.7. The maximum Gasteiger partial charge on any atom is 0.252 e. The van der Waals surface area contributed by atoms with Crippen molar-refractivity contribution < 1.29 is 9.59 Å². The van der Waals surface area contributed by atoms with Crippen LogP contribution >= 0.6 is 35.0 Å². The van der Waals surface area contributed by atoms with E-state index in [-0.39, 0.29) is 23.6 Å². The van der Waals surface area contributed by atoms with Crippen LogP contribution in [-0.4, -0.2) is 32.3 Å². The van der Waals surface area contributed by atoms with Gasteiger partial charge in [-0.2, -0.15) is 0 Å². The number of carbonyl (C=O) groups is 2. The second-order valence-electron chi connectivity index (χ2n) is 7.06. The number of amides is 2. The molecular weight excluding hydrogens is 469 g/mol. The van der Waals surface area contributed by atoms with Crippen LogP contribution in [0, 0.1) is 6.92 Å². The molecule has 0 fully saturated rings. The molecule has 0 unspecified atom stereocenters. The molecule has 2 aromatic carbocycles. The molecule has 1 atom stereocenters. The maximum atomic E-state index is 12.6. The molecule has 0 spiro atoms. The minimum atomic E-state index is -0.358. The normalized spacial score (nSPS) is 11.8. The molecule has 0 saturated carbocycles. The van der Waals surface area contributed by atoms with Crippen LogP contribution in [-0.2, 0) is 11.3 Å². The Morgan fingerprint density at radius 2 is 1.91 bits per heavy atom. The zero-order chi connectivity index (χ0) is 23.3. The van der Waals surface area contributed by atoms with Gasteiger partial charge in [-0.15, -0.1) is 10.2 Å². The Labute approximate surface area is 200 Å². The molecule has 3 rings (SSSR count). The monoisotopic (exact) mass is 491 g/mol. The number of hydrogen-bond acceptors (Lipinski definition) is 5. The van der Waals surface area contributed by atoms with E-state index in [0.29, 0.717) is 38.8 Å². The van der Waals surface area contributed by atoms with Gasteiger partial charge in [0, 0.05) is 17.1 Å². The first-order valence-electron chi connectivity index (χ1n) is 9.97. The first kappa shape index (κ1) is 24.1. The highest BCUT2D eigenvalue weighted by Crippen LogP contribution is 2.26. The summed E-state index contributed by atoms with van der Waals surface area (Å²) in [5.41, 5.74) is 1.97. The van der Waals surface area contributed by atoms with Crippen LogP contribution in [0.1, 0.15) is 41.6 Å². The molecule has 10 heteroatoms. The van der Waals surface area contributed by atoms with E-state index in [1.54, 1.807) is 24.3 Å². The van der Waals surface area contributed by atoms with Gasteiger partial charge in [0.05, 0.1) is 22.5 Å². The summed E-state index contributed by atoms with van der Waals surface area (Å²) in [6.07, 6.45) is 0. The SMILES string of the molecule is CCn1c(SCC(=O)Nc2cc(Cl)ccc2Cl)nnc1[C@H](C)NC(=O)c1ccccc1C. The van der Waals surface area contributed by atoms with Crippen LogP contribution in [0.25, 0.3) is 0 Å². The van der Waals surface area contributed by atoms with Crippen molar-refractivity contribution in [2.24, 2.45) is 0 Å². The number of nitrogens with zero attached hydrogens (tertiary/aromatic N) is 3. The van der Waals surface area contributed by atoms with Crippen molar-refractivity contribution in [3.8, 4) is 0 Å². The quantitative estimate of drug-likeness (QED) is 0.426. The summed E-state index contributed by atoms with van der Waals surface area (Å²) in [4.78, 5) is 25.0. The van der Waals surface area contributed by atoms with Crippen LogP contribution in [0.4, 0.5) is 5.69 Å². The maximum absolute atomic E-state index is 12.6. The number of rotatable bonds is 8. The number of thioether (sulfide) groups is 1. The molecule has 0 aliphatic rings. The molecule has 0 bridgehead atoms. The van der Waals surface area contributed by atoms with Gasteiger partial charge in [-0.1, -0.05) is 53.2 Å². The fourth-order valence-electron chi connectivity index (χ4n) is 3.10. The van der Waals surface area contributed by atoms with Crippen LogP contribution in [0.3, 0.4) is 0 Å². The molecule has 2 amide bonds. The Bertz CT molecular complexity index is 1140. The molecule has 2 N–H and O–H groups in total. The first-order chi connectivity index (χ1) is 15.3. The van der Waals surface area contributed by atoms with Crippen LogP contribution in [0.5, 0.6) is 0 Å². The van der Waals surface area contributed by atoms with E-state index in [1.807, 2.05) is 43.5 Å². The van der Waals surface area contributed by atoms with E-state index in [1.165, 1.54) is 11.8 Å². The summed E-state index contributed by atoms with van der Waals surface area (Å²) in [5.74, 6) is 0.320. The lowest BCUT2D eigenvalue weighted by Gasteiger charge is -2.16. The predicted molar refractivity (Wildman–Crippen MR) is 129 cm³/mol. The first-order valence-corrected chi connectivity index (χ1v) is 11.7. The van der Waals surface area contributed by atoms with Crippen LogP contribution in [0.2, 0.25) is 10.0 Å². The van der Waals surface area contributed by atoms with Gasteiger partial charge in [0.2, 0.25) is 5.91 Å². The van der Waals surface area contributed by atoms with Gasteiger partial charge in [-0.05, 0) is 50.6 Å². The van der Waals surface area contributed by atoms with E-state index in [9.17, 15) is 9.59 Å². The molecule has 3 aromatic rings. The molecule has 32 heavy (non-hydrogen) atoms. The number of nitrogens with one attached hydrogen (secondary N) is 2. The fourth-order valence-corrected chi connectivity index (χ4v) is 4.25. The largest absolute Gasteiger partial charge is 0.342 e. The van der Waals surface area contributed by atoms with Crippen molar-refractivity contribution >= 4 is 52.5 Å². The summed E-state index contributed by atoms with van der Waals surface area (Å²) in [6, 6.07) is 11.9. The number of anilines is 1. The van der Waals surface area contributed by atoms with E-state index in [2.05, 4.69) is 20.8 Å². The highest BCUT2D eigenvalue weighted by atomic mass is 35.5. The summed E-state index contributed by atoms with van der Waals surface area (Å²) >= 11 is 13.3. The van der Waals surface area contributed by atoms with Crippen LogP contribution < -0.4 is 10.6 Å². The number of aromatic nitrogens is 3. The highest BCUT2D eigenvalue weighted by Gasteiger charge is 2.21. The van der Waals surface area contributed by atoms with E-state index < -0.39 is 0 Å². The van der Waals surface area contributed by atoms with Gasteiger partial charge < -0.3 is 15.2 Å². The summed E-state index contributed by atoms with van der Waals surface area (Å²) < 4.78 is 1.88. The molecule has 0 aliphatic heterocycles. The lowest BCUT2D eigenvalue weighted by atomic mass is 10.1. The Balaban J connectivity index is 1.65. The molecule has 168 valence electrons. The number of benzene rings is 2. The van der Waals surface area contributed by atoms with Crippen molar-refractivity contribution in [2.45, 2.75) is 38.5 Å². The predicted octanol–water partition coefficient (Wildman–Crippen LogP) is 5.14. The van der Waals surface area contributed by atoms with Gasteiger partial charge in [0.15, 0.2) is 11.0 Å². The van der Waals surface area contributed by atoms with Crippen molar-refractivity contribution in [2.75, 3.05) is 11.1 Å². The van der Waals surface area contributed by atoms with Gasteiger partial charge in [0.25, 0.3) is 5.91 Å². The van der Waals surface area contributed by atoms with Crippen molar-refractivity contribution in [1.82, 2.24) is 20.1 Å². The second kappa shape index (κ2) is 10.8. The van der Waals surface area contributed by atoms with E-state index in [4.69, 9.17) is 23.2 Å². The average molecular weight is 492 g/mol. The van der Waals surface area contributed by atoms with Gasteiger partial charge >= 0.3 is 0 Å². The zero-order valence-corrected chi connectivity index (χ0v) is 20.2. The van der Waals surface area contributed by atoms with Crippen molar-refractivity contribution in [3.05, 3.63) is 69.5 Å². The molecule has 1 aromatic heterocycles. The molecule has 0 saturated heterocycles. The second-order valence-corrected chi connectivity index (χ2v) is 8.84. The average Bonchev–Trinajstić information content (AvgIpc) is 3.18. The lowest BCUT2D eigenvalue weighted by molar-refractivity contribution is -0.113. The number of carbonyl (C=O) groups excluding carboxylic acids is 2. The summed E-state index contributed by atoms with van der Waals surface area (Å²) in [6.45, 7) is 6.30. The fraction of sp³-hybridized carbons (Fsp3) is 0.273. The van der Waals surface area contributed by atoms with Crippen molar-refractivity contribution in [3.63, 3.8) is 0 Å². The van der Waals surface area contributed by atoms with Gasteiger partial charge in [-0.25, -0.2) is 0 Å². The van der Waals surface area contributed by atoms with Crippen molar-refractivity contribution in [1.29, 1.82) is 0 Å². The number of halogens is 2. The van der Waals surface area contributed by atoms with E-state index in [0.717, 1.165) is 5.56 Å². The number of aryl methyl sites for hydroxylation is 1. The Kier molecular flexibility index (Phi) is 8.17. The molecular formula is C22H23Cl2N5O2S. The third kappa shape index (κ3) is 5.82. The smallest absolute Gasteiger partial charge is 0.252 e. The molecule has 1 heterocycles. The molecule has 0 aliphatic carbocycles. The van der Waals surface area contributed by atoms with Crippen LogP contribution in [0.15, 0.2) is 47.6 Å². The third-order valence-corrected chi connectivity index (χ3v) is 6.25. The molecule has 0 radical (unpaired) electrons. The zero-order valence-electron chi connectivity index (χ0n) is 17.9. The summed E-state index contributed by atoms with van der Waals surface area (Å²) in [7, 11) is 0. The van der Waals surface area contributed by atoms with Gasteiger partial charge in [0.1, 0.15) is 0 Å².